The van der Waals surface area contributed by atoms with Crippen molar-refractivity contribution >= 4 is 17.6 Å². The first-order chi connectivity index (χ1) is 13.8. The van der Waals surface area contributed by atoms with Crippen LogP contribution in [0.1, 0.15) is 56.2 Å². The second-order valence-corrected chi connectivity index (χ2v) is 8.76. The maximum absolute atomic E-state index is 13.3. The van der Waals surface area contributed by atoms with E-state index in [2.05, 4.69) is 31.2 Å². The van der Waals surface area contributed by atoms with Crippen molar-refractivity contribution in [2.24, 2.45) is 21.4 Å². The van der Waals surface area contributed by atoms with Gasteiger partial charge in [-0.25, -0.2) is 4.79 Å². The Kier molecular flexibility index (Phi) is 4.60. The molecule has 2 fully saturated rings. The quantitative estimate of drug-likeness (QED) is 0.605. The fourth-order valence-electron chi connectivity index (χ4n) is 5.00. The molecule has 0 aliphatic heterocycles. The van der Waals surface area contributed by atoms with Crippen LogP contribution in [0.4, 0.5) is 0 Å². The first-order valence-electron chi connectivity index (χ1n) is 9.95. The van der Waals surface area contributed by atoms with E-state index in [0.717, 1.165) is 24.3 Å². The Morgan fingerprint density at radius 1 is 1.10 bits per heavy atom. The highest BCUT2D eigenvalue weighted by molar-refractivity contribution is 6.02. The van der Waals surface area contributed by atoms with Crippen LogP contribution in [0.15, 0.2) is 58.3 Å². The highest BCUT2D eigenvalue weighted by Crippen LogP contribution is 2.71. The van der Waals surface area contributed by atoms with Crippen molar-refractivity contribution in [3.63, 3.8) is 0 Å². The standard InChI is InChI=1S/C23H26N2O4/c1-21(2)22(3)11-12-23(21,20(27)24-15-17-10-7-13-28-17)14-18(22)25-29-19(26)16-8-5-4-6-9-16/h4-10,13H,11-12,14-15H2,1-3H3,(H,24,27)/b25-18+. The Morgan fingerprint density at radius 3 is 2.55 bits per heavy atom. The predicted molar refractivity (Wildman–Crippen MR) is 108 cm³/mol. The molecule has 0 radical (unpaired) electrons. The van der Waals surface area contributed by atoms with Gasteiger partial charge in [0.05, 0.1) is 29.5 Å². The molecule has 2 aliphatic rings. The van der Waals surface area contributed by atoms with E-state index >= 15 is 0 Å². The lowest BCUT2D eigenvalue weighted by atomic mass is 9.64. The number of oxime groups is 1. The van der Waals surface area contributed by atoms with Crippen LogP contribution in [0.3, 0.4) is 0 Å². The monoisotopic (exact) mass is 394 g/mol. The van der Waals surface area contributed by atoms with Crippen LogP contribution < -0.4 is 5.32 Å². The summed E-state index contributed by atoms with van der Waals surface area (Å²) in [5.74, 6) is 0.234. The number of hydrogen-bond acceptors (Lipinski definition) is 5. The van der Waals surface area contributed by atoms with Gasteiger partial charge in [0, 0.05) is 11.8 Å². The molecule has 0 saturated heterocycles. The third-order valence-electron chi connectivity index (χ3n) is 7.42. The molecule has 6 heteroatoms. The first kappa shape index (κ1) is 19.4. The van der Waals surface area contributed by atoms with E-state index in [4.69, 9.17) is 9.25 Å². The van der Waals surface area contributed by atoms with Gasteiger partial charge in [-0.15, -0.1) is 0 Å². The molecular formula is C23H26N2O4. The zero-order valence-electron chi connectivity index (χ0n) is 17.0. The Hall–Kier alpha value is -2.89. The highest BCUT2D eigenvalue weighted by Gasteiger charge is 2.71. The summed E-state index contributed by atoms with van der Waals surface area (Å²) in [6.45, 7) is 6.72. The number of nitrogens with zero attached hydrogens (tertiary/aromatic N) is 1. The van der Waals surface area contributed by atoms with E-state index in [0.29, 0.717) is 18.5 Å². The van der Waals surface area contributed by atoms with Crippen LogP contribution in [0.5, 0.6) is 0 Å². The Bertz CT molecular complexity index is 949. The topological polar surface area (TPSA) is 80.9 Å². The molecule has 0 spiro atoms. The van der Waals surface area contributed by atoms with Crippen LogP contribution in [0.2, 0.25) is 0 Å². The fraction of sp³-hybridized carbons (Fsp3) is 0.435. The summed E-state index contributed by atoms with van der Waals surface area (Å²) in [6, 6.07) is 12.4. The summed E-state index contributed by atoms with van der Waals surface area (Å²) in [7, 11) is 0. The summed E-state index contributed by atoms with van der Waals surface area (Å²) in [5.41, 5.74) is 0.0466. The molecule has 2 unspecified atom stereocenters. The molecule has 1 N–H and O–H groups in total. The summed E-state index contributed by atoms with van der Waals surface area (Å²) in [4.78, 5) is 30.8. The number of furan rings is 1. The molecule has 4 rings (SSSR count). The number of carbonyl (C=O) groups is 2. The largest absolute Gasteiger partial charge is 0.467 e. The fourth-order valence-corrected chi connectivity index (χ4v) is 5.00. The number of fused-ring (bicyclic) bond motifs is 2. The van der Waals surface area contributed by atoms with Gasteiger partial charge in [0.15, 0.2) is 0 Å². The van der Waals surface area contributed by atoms with Crippen molar-refractivity contribution in [1.29, 1.82) is 0 Å². The van der Waals surface area contributed by atoms with Gasteiger partial charge in [-0.05, 0) is 42.5 Å². The van der Waals surface area contributed by atoms with Gasteiger partial charge >= 0.3 is 5.97 Å². The van der Waals surface area contributed by atoms with Crippen LogP contribution >= 0.6 is 0 Å². The lowest BCUT2D eigenvalue weighted by Gasteiger charge is -2.39. The first-order valence-corrected chi connectivity index (χ1v) is 9.95. The number of benzene rings is 1. The lowest BCUT2D eigenvalue weighted by molar-refractivity contribution is -0.136. The van der Waals surface area contributed by atoms with Crippen LogP contribution in [0, 0.1) is 16.2 Å². The van der Waals surface area contributed by atoms with Crippen molar-refractivity contribution in [1.82, 2.24) is 5.32 Å². The molecule has 1 aromatic carbocycles. The third kappa shape index (κ3) is 2.89. The molecule has 2 aliphatic carbocycles. The Labute approximate surface area is 170 Å². The number of carbonyl (C=O) groups excluding carboxylic acids is 2. The lowest BCUT2D eigenvalue weighted by Crippen LogP contribution is -2.46. The Balaban J connectivity index is 1.54. The maximum Gasteiger partial charge on any atom is 0.365 e. The van der Waals surface area contributed by atoms with Gasteiger partial charge in [-0.2, -0.15) is 0 Å². The van der Waals surface area contributed by atoms with E-state index in [1.54, 1.807) is 36.6 Å². The van der Waals surface area contributed by atoms with Crippen LogP contribution in [-0.2, 0) is 16.2 Å². The van der Waals surface area contributed by atoms with Gasteiger partial charge in [0.2, 0.25) is 5.91 Å². The summed E-state index contributed by atoms with van der Waals surface area (Å²) < 4.78 is 5.33. The minimum absolute atomic E-state index is 0.00205. The van der Waals surface area contributed by atoms with E-state index in [1.165, 1.54) is 0 Å². The second kappa shape index (κ2) is 6.87. The summed E-state index contributed by atoms with van der Waals surface area (Å²) in [5, 5.41) is 7.29. The average molecular weight is 394 g/mol. The molecule has 29 heavy (non-hydrogen) atoms. The minimum atomic E-state index is -0.577. The zero-order valence-corrected chi connectivity index (χ0v) is 17.0. The van der Waals surface area contributed by atoms with E-state index < -0.39 is 11.4 Å². The summed E-state index contributed by atoms with van der Waals surface area (Å²) in [6.07, 6.45) is 3.70. The normalized spacial score (nSPS) is 28.4. The van der Waals surface area contributed by atoms with E-state index in [1.807, 2.05) is 12.1 Å². The Morgan fingerprint density at radius 2 is 1.86 bits per heavy atom. The zero-order chi connectivity index (χ0) is 20.7. The molecular weight excluding hydrogens is 368 g/mol. The third-order valence-corrected chi connectivity index (χ3v) is 7.42. The van der Waals surface area contributed by atoms with Gasteiger partial charge in [0.25, 0.3) is 0 Å². The summed E-state index contributed by atoms with van der Waals surface area (Å²) >= 11 is 0. The minimum Gasteiger partial charge on any atom is -0.467 e. The molecule has 1 amide bonds. The maximum atomic E-state index is 13.3. The molecule has 2 bridgehead atoms. The smallest absolute Gasteiger partial charge is 0.365 e. The molecule has 6 nitrogen and oxygen atoms in total. The number of amides is 1. The van der Waals surface area contributed by atoms with Gasteiger partial charge in [-0.1, -0.05) is 44.1 Å². The molecule has 2 aromatic rings. The van der Waals surface area contributed by atoms with Gasteiger partial charge in [0.1, 0.15) is 5.76 Å². The SMILES string of the molecule is CC12CCC(C(=O)NCc3ccco3)(C/C1=N\OC(=O)c1ccccc1)C2(C)C. The highest BCUT2D eigenvalue weighted by atomic mass is 16.7. The molecule has 152 valence electrons. The van der Waals surface area contributed by atoms with Crippen molar-refractivity contribution < 1.29 is 18.8 Å². The van der Waals surface area contributed by atoms with Crippen LogP contribution in [0.25, 0.3) is 0 Å². The van der Waals surface area contributed by atoms with E-state index in [9.17, 15) is 9.59 Å². The second-order valence-electron chi connectivity index (χ2n) is 8.76. The average Bonchev–Trinajstić information content (AvgIpc) is 3.35. The van der Waals surface area contributed by atoms with Crippen LogP contribution in [-0.4, -0.2) is 17.6 Å². The van der Waals surface area contributed by atoms with Gasteiger partial charge in [-0.3, -0.25) is 4.79 Å². The van der Waals surface area contributed by atoms with Crippen molar-refractivity contribution in [2.45, 2.75) is 46.6 Å². The van der Waals surface area contributed by atoms with Crippen molar-refractivity contribution in [2.75, 3.05) is 0 Å². The molecule has 2 atom stereocenters. The number of rotatable bonds is 5. The van der Waals surface area contributed by atoms with Crippen molar-refractivity contribution in [3.8, 4) is 0 Å². The van der Waals surface area contributed by atoms with Gasteiger partial charge < -0.3 is 14.6 Å². The van der Waals surface area contributed by atoms with E-state index in [-0.39, 0.29) is 16.7 Å². The number of nitrogens with one attached hydrogen (secondary N) is 1. The molecule has 1 aromatic heterocycles. The molecule has 2 saturated carbocycles. The van der Waals surface area contributed by atoms with Crippen molar-refractivity contribution in [3.05, 3.63) is 60.1 Å². The predicted octanol–water partition coefficient (Wildman–Crippen LogP) is 4.33. The number of hydrogen-bond donors (Lipinski definition) is 1. The molecule has 1 heterocycles.